The van der Waals surface area contributed by atoms with Gasteiger partial charge in [0.1, 0.15) is 17.0 Å². The Kier molecular flexibility index (Phi) is 7.44. The van der Waals surface area contributed by atoms with Crippen LogP contribution in [0.5, 0.6) is 0 Å². The van der Waals surface area contributed by atoms with Crippen molar-refractivity contribution in [1.82, 2.24) is 29.7 Å². The van der Waals surface area contributed by atoms with Gasteiger partial charge in [-0.2, -0.15) is 4.98 Å². The molecule has 10 nitrogen and oxygen atoms in total. The number of morpholine rings is 1. The van der Waals surface area contributed by atoms with Crippen LogP contribution in [-0.4, -0.2) is 49.4 Å². The highest BCUT2D eigenvalue weighted by atomic mass is 35.5. The summed E-state index contributed by atoms with van der Waals surface area (Å²) in [5.74, 6) is 0.688. The lowest BCUT2D eigenvalue weighted by molar-refractivity contribution is 0.0927. The lowest BCUT2D eigenvalue weighted by atomic mass is 9.83. The molecule has 1 saturated carbocycles. The van der Waals surface area contributed by atoms with Gasteiger partial charge in [0, 0.05) is 23.7 Å². The molecule has 0 spiro atoms. The second-order valence-corrected chi connectivity index (χ2v) is 11.9. The highest BCUT2D eigenvalue weighted by Gasteiger charge is 2.32. The van der Waals surface area contributed by atoms with E-state index in [1.807, 2.05) is 18.2 Å². The van der Waals surface area contributed by atoms with Crippen LogP contribution in [0.1, 0.15) is 44.2 Å². The molecule has 12 heteroatoms. The molecule has 0 bridgehead atoms. The number of hydrogen-bond acceptors (Lipinski definition) is 8. The summed E-state index contributed by atoms with van der Waals surface area (Å²) in [6.07, 6.45) is 4.50. The topological polar surface area (TPSA) is 115 Å². The lowest BCUT2D eigenvalue weighted by Gasteiger charge is -2.37. The number of nitrogens with zero attached hydrogens (tertiary/aromatic N) is 6. The van der Waals surface area contributed by atoms with E-state index in [1.165, 1.54) is 12.1 Å². The van der Waals surface area contributed by atoms with Gasteiger partial charge in [-0.1, -0.05) is 66.9 Å². The number of anilines is 1. The van der Waals surface area contributed by atoms with Gasteiger partial charge in [0.05, 0.1) is 19.3 Å². The fourth-order valence-corrected chi connectivity index (χ4v) is 6.45. The van der Waals surface area contributed by atoms with Crippen molar-refractivity contribution in [2.24, 2.45) is 11.8 Å². The van der Waals surface area contributed by atoms with Crippen LogP contribution >= 0.6 is 11.6 Å². The van der Waals surface area contributed by atoms with Gasteiger partial charge in [0.15, 0.2) is 5.65 Å². The molecule has 1 aliphatic carbocycles. The Morgan fingerprint density at radius 3 is 2.65 bits per heavy atom. The van der Waals surface area contributed by atoms with Crippen molar-refractivity contribution >= 4 is 28.7 Å². The fourth-order valence-electron chi connectivity index (χ4n) is 6.28. The van der Waals surface area contributed by atoms with Gasteiger partial charge in [-0.25, -0.2) is 19.2 Å². The zero-order valence-corrected chi connectivity index (χ0v) is 24.4. The Bertz CT molecular complexity index is 1810. The standard InChI is InChI=1S/C31H31ClFN7O3/c1-18-7-9-19(10-8-18)16-40-26-25(22-15-21(32)11-12-23(22)33)34-28(29-37-31(41)43-38-29)35-27(26)36-30(40)39-13-14-42-17-24(39)20-5-3-2-4-6-20/h2-6,11-12,15,18-19,24H,7-10,13-14,16-17H2,1H3,(H,37,38,41)/t18-,19-,24-/m0/s1. The highest BCUT2D eigenvalue weighted by molar-refractivity contribution is 6.30. The van der Waals surface area contributed by atoms with Gasteiger partial charge >= 0.3 is 5.76 Å². The normalized spacial score (nSPS) is 21.0. The number of ether oxygens (including phenoxy) is 1. The number of H-pyrrole nitrogens is 1. The average molecular weight is 604 g/mol. The molecule has 1 aliphatic heterocycles. The number of imidazole rings is 1. The molecule has 1 atom stereocenters. The first-order valence-electron chi connectivity index (χ1n) is 14.6. The van der Waals surface area contributed by atoms with E-state index < -0.39 is 11.6 Å². The van der Waals surface area contributed by atoms with Crippen LogP contribution < -0.4 is 10.7 Å². The number of aromatic nitrogens is 6. The Morgan fingerprint density at radius 2 is 1.88 bits per heavy atom. The molecular formula is C31H31ClFN7O3. The second kappa shape index (κ2) is 11.5. The van der Waals surface area contributed by atoms with Gasteiger partial charge in [0.25, 0.3) is 0 Å². The minimum absolute atomic E-state index is 0.0292. The summed E-state index contributed by atoms with van der Waals surface area (Å²) in [6, 6.07) is 14.5. The average Bonchev–Trinajstić information content (AvgIpc) is 3.63. The number of benzene rings is 2. The van der Waals surface area contributed by atoms with Gasteiger partial charge in [-0.3, -0.25) is 9.51 Å². The van der Waals surface area contributed by atoms with Crippen LogP contribution in [0.25, 0.3) is 34.1 Å². The van der Waals surface area contributed by atoms with Crippen molar-refractivity contribution < 1.29 is 13.7 Å². The maximum Gasteiger partial charge on any atom is 0.439 e. The molecule has 3 aromatic heterocycles. The molecular weight excluding hydrogens is 573 g/mol. The van der Waals surface area contributed by atoms with Gasteiger partial charge in [-0.15, -0.1) is 0 Å². The van der Waals surface area contributed by atoms with Crippen LogP contribution in [0.4, 0.5) is 10.3 Å². The molecule has 0 amide bonds. The van der Waals surface area contributed by atoms with Crippen LogP contribution in [0.3, 0.4) is 0 Å². The van der Waals surface area contributed by atoms with Gasteiger partial charge in [-0.05, 0) is 48.4 Å². The van der Waals surface area contributed by atoms with E-state index in [0.29, 0.717) is 60.0 Å². The predicted molar refractivity (Wildman–Crippen MR) is 160 cm³/mol. The minimum atomic E-state index is -0.744. The van der Waals surface area contributed by atoms with Crippen molar-refractivity contribution in [1.29, 1.82) is 0 Å². The van der Waals surface area contributed by atoms with E-state index in [1.54, 1.807) is 6.07 Å². The molecule has 1 saturated heterocycles. The van der Waals surface area contributed by atoms with Crippen LogP contribution in [0, 0.1) is 17.7 Å². The third-order valence-electron chi connectivity index (χ3n) is 8.56. The van der Waals surface area contributed by atoms with E-state index in [-0.39, 0.29) is 23.3 Å². The SMILES string of the molecule is C[C@H]1CC[C@H](Cn2c(N3CCOC[C@H]3c3ccccc3)nc3nc(-c4noc(=O)[nH]4)nc(-c4cc(Cl)ccc4F)c32)CC1. The lowest BCUT2D eigenvalue weighted by Crippen LogP contribution is -2.41. The molecule has 43 heavy (non-hydrogen) atoms. The third kappa shape index (κ3) is 5.43. The van der Waals surface area contributed by atoms with Crippen molar-refractivity contribution in [3.05, 3.63) is 75.5 Å². The summed E-state index contributed by atoms with van der Waals surface area (Å²) in [5, 5.41) is 4.15. The first kappa shape index (κ1) is 27.7. The van der Waals surface area contributed by atoms with Crippen LogP contribution in [0.15, 0.2) is 57.8 Å². The molecule has 1 N–H and O–H groups in total. The molecule has 2 aromatic carbocycles. The molecule has 0 radical (unpaired) electrons. The number of aromatic amines is 1. The molecule has 7 rings (SSSR count). The van der Waals surface area contributed by atoms with Crippen LogP contribution in [0.2, 0.25) is 5.02 Å². The maximum atomic E-state index is 15.5. The number of halogens is 2. The monoisotopic (exact) mass is 603 g/mol. The van der Waals surface area contributed by atoms with E-state index in [4.69, 9.17) is 35.8 Å². The molecule has 2 aliphatic rings. The summed E-state index contributed by atoms with van der Waals surface area (Å²) in [7, 11) is 0. The largest absolute Gasteiger partial charge is 0.439 e. The quantitative estimate of drug-likeness (QED) is 0.250. The number of nitrogens with one attached hydrogen (secondary N) is 1. The Balaban J connectivity index is 1.47. The smallest absolute Gasteiger partial charge is 0.377 e. The van der Waals surface area contributed by atoms with Crippen molar-refractivity contribution in [2.45, 2.75) is 45.2 Å². The van der Waals surface area contributed by atoms with Crippen molar-refractivity contribution in [2.75, 3.05) is 24.7 Å². The Labute approximate surface area is 251 Å². The zero-order chi connectivity index (χ0) is 29.5. The molecule has 4 heterocycles. The summed E-state index contributed by atoms with van der Waals surface area (Å²) in [5.41, 5.74) is 2.60. The Hall–Kier alpha value is -4.09. The van der Waals surface area contributed by atoms with Crippen molar-refractivity contribution in [3.8, 4) is 22.9 Å². The maximum absolute atomic E-state index is 15.5. The Morgan fingerprint density at radius 1 is 1.07 bits per heavy atom. The van der Waals surface area contributed by atoms with Gasteiger partial charge in [0.2, 0.25) is 17.6 Å². The first-order chi connectivity index (χ1) is 20.9. The van der Waals surface area contributed by atoms with E-state index in [2.05, 4.69) is 38.7 Å². The number of fused-ring (bicyclic) bond motifs is 1. The van der Waals surface area contributed by atoms with E-state index in [0.717, 1.165) is 37.2 Å². The summed E-state index contributed by atoms with van der Waals surface area (Å²) in [6.45, 7) is 4.63. The minimum Gasteiger partial charge on any atom is -0.377 e. The summed E-state index contributed by atoms with van der Waals surface area (Å²) < 4.78 is 28.4. The molecule has 0 unspecified atom stereocenters. The fraction of sp³-hybridized carbons (Fsp3) is 0.387. The second-order valence-electron chi connectivity index (χ2n) is 11.5. The number of hydrogen-bond donors (Lipinski definition) is 1. The highest BCUT2D eigenvalue weighted by Crippen LogP contribution is 2.39. The molecule has 5 aromatic rings. The number of rotatable bonds is 6. The van der Waals surface area contributed by atoms with E-state index in [9.17, 15) is 4.79 Å². The summed E-state index contributed by atoms with van der Waals surface area (Å²) >= 11 is 6.37. The van der Waals surface area contributed by atoms with Crippen molar-refractivity contribution in [3.63, 3.8) is 0 Å². The van der Waals surface area contributed by atoms with Gasteiger partial charge < -0.3 is 14.2 Å². The zero-order valence-electron chi connectivity index (χ0n) is 23.7. The van der Waals surface area contributed by atoms with Crippen LogP contribution in [-0.2, 0) is 11.3 Å². The predicted octanol–water partition coefficient (Wildman–Crippen LogP) is 6.03. The molecule has 2 fully saturated rings. The van der Waals surface area contributed by atoms with E-state index >= 15 is 4.39 Å². The summed E-state index contributed by atoms with van der Waals surface area (Å²) in [4.78, 5) is 31.1. The first-order valence-corrected chi connectivity index (χ1v) is 15.0. The molecule has 222 valence electrons. The third-order valence-corrected chi connectivity index (χ3v) is 8.80.